The lowest BCUT2D eigenvalue weighted by Crippen LogP contribution is -2.37. The number of amides is 2. The molecule has 1 heterocycles. The third-order valence-corrected chi connectivity index (χ3v) is 4.77. The van der Waals surface area contributed by atoms with Gasteiger partial charge in [0.25, 0.3) is 0 Å². The molecule has 1 aliphatic heterocycles. The molecule has 1 saturated heterocycles. The third-order valence-electron chi connectivity index (χ3n) is 4.77. The Labute approximate surface area is 154 Å². The van der Waals surface area contributed by atoms with E-state index in [1.807, 2.05) is 66.4 Å². The van der Waals surface area contributed by atoms with Crippen molar-refractivity contribution in [3.8, 4) is 5.75 Å². The van der Waals surface area contributed by atoms with Crippen LogP contribution in [0.15, 0.2) is 54.6 Å². The largest absolute Gasteiger partial charge is 0.497 e. The zero-order valence-electron chi connectivity index (χ0n) is 15.2. The molecular weight excluding hydrogens is 328 g/mol. The van der Waals surface area contributed by atoms with E-state index in [9.17, 15) is 9.59 Å². The van der Waals surface area contributed by atoms with Crippen LogP contribution in [0.25, 0.3) is 0 Å². The Bertz CT molecular complexity index is 759. The summed E-state index contributed by atoms with van der Waals surface area (Å²) in [5.74, 6) is 0.478. The van der Waals surface area contributed by atoms with Gasteiger partial charge in [0.1, 0.15) is 5.75 Å². The van der Waals surface area contributed by atoms with Gasteiger partial charge in [0, 0.05) is 31.7 Å². The van der Waals surface area contributed by atoms with E-state index in [1.54, 1.807) is 12.0 Å². The van der Waals surface area contributed by atoms with E-state index in [1.165, 1.54) is 0 Å². The maximum Gasteiger partial charge on any atom is 0.228 e. The summed E-state index contributed by atoms with van der Waals surface area (Å²) in [6.07, 6.45) is 0.260. The molecule has 1 unspecified atom stereocenters. The third kappa shape index (κ3) is 3.87. The van der Waals surface area contributed by atoms with Crippen LogP contribution in [-0.2, 0) is 16.1 Å². The Kier molecular flexibility index (Phi) is 5.56. The molecule has 136 valence electrons. The van der Waals surface area contributed by atoms with Crippen molar-refractivity contribution in [2.45, 2.75) is 19.9 Å². The van der Waals surface area contributed by atoms with Gasteiger partial charge in [-0.1, -0.05) is 30.3 Å². The van der Waals surface area contributed by atoms with Gasteiger partial charge in [0.15, 0.2) is 0 Å². The van der Waals surface area contributed by atoms with Gasteiger partial charge in [-0.2, -0.15) is 0 Å². The van der Waals surface area contributed by atoms with Gasteiger partial charge in [0.2, 0.25) is 11.8 Å². The monoisotopic (exact) mass is 352 g/mol. The van der Waals surface area contributed by atoms with E-state index in [2.05, 4.69) is 0 Å². The summed E-state index contributed by atoms with van der Waals surface area (Å²) in [4.78, 5) is 28.9. The molecular formula is C21H24N2O3. The summed E-state index contributed by atoms with van der Waals surface area (Å²) in [5, 5.41) is 0. The first-order chi connectivity index (χ1) is 12.6. The number of carbonyl (C=O) groups is 2. The van der Waals surface area contributed by atoms with Gasteiger partial charge in [-0.25, -0.2) is 0 Å². The van der Waals surface area contributed by atoms with Gasteiger partial charge in [-0.3, -0.25) is 9.59 Å². The highest BCUT2D eigenvalue weighted by atomic mass is 16.5. The number of nitrogens with zero attached hydrogens (tertiary/aromatic N) is 2. The van der Waals surface area contributed by atoms with Crippen LogP contribution in [0.4, 0.5) is 5.69 Å². The Hall–Kier alpha value is -2.82. The fraction of sp³-hybridized carbons (Fsp3) is 0.333. The lowest BCUT2D eigenvalue weighted by Gasteiger charge is -2.24. The summed E-state index contributed by atoms with van der Waals surface area (Å²) in [5.41, 5.74) is 1.90. The minimum absolute atomic E-state index is 0.00992. The quantitative estimate of drug-likeness (QED) is 0.803. The van der Waals surface area contributed by atoms with Gasteiger partial charge in [0.05, 0.1) is 13.0 Å². The molecule has 0 radical (unpaired) electrons. The zero-order chi connectivity index (χ0) is 18.5. The molecule has 1 aliphatic rings. The number of methoxy groups -OCH3 is 1. The van der Waals surface area contributed by atoms with Crippen molar-refractivity contribution in [2.75, 3.05) is 25.1 Å². The second-order valence-corrected chi connectivity index (χ2v) is 6.44. The molecule has 0 spiro atoms. The molecule has 0 saturated carbocycles. The molecule has 1 fully saturated rings. The predicted octanol–water partition coefficient (Wildman–Crippen LogP) is 3.10. The maximum absolute atomic E-state index is 12.9. The number of hydrogen-bond acceptors (Lipinski definition) is 3. The molecule has 0 aliphatic carbocycles. The summed E-state index contributed by atoms with van der Waals surface area (Å²) >= 11 is 0. The van der Waals surface area contributed by atoms with E-state index in [4.69, 9.17) is 4.74 Å². The lowest BCUT2D eigenvalue weighted by atomic mass is 10.1. The van der Waals surface area contributed by atoms with Crippen molar-refractivity contribution >= 4 is 17.5 Å². The van der Waals surface area contributed by atoms with E-state index < -0.39 is 0 Å². The molecule has 26 heavy (non-hydrogen) atoms. The lowest BCUT2D eigenvalue weighted by molar-refractivity contribution is -0.136. The van der Waals surface area contributed by atoms with Crippen LogP contribution in [0.2, 0.25) is 0 Å². The van der Waals surface area contributed by atoms with Crippen molar-refractivity contribution in [3.63, 3.8) is 0 Å². The molecule has 5 heteroatoms. The van der Waals surface area contributed by atoms with Gasteiger partial charge < -0.3 is 14.5 Å². The second-order valence-electron chi connectivity index (χ2n) is 6.44. The van der Waals surface area contributed by atoms with E-state index in [-0.39, 0.29) is 24.2 Å². The average Bonchev–Trinajstić information content (AvgIpc) is 3.08. The summed E-state index contributed by atoms with van der Waals surface area (Å²) in [6.45, 7) is 3.60. The number of benzene rings is 2. The Morgan fingerprint density at radius 2 is 1.85 bits per heavy atom. The van der Waals surface area contributed by atoms with Crippen LogP contribution in [0, 0.1) is 5.92 Å². The van der Waals surface area contributed by atoms with Gasteiger partial charge in [-0.15, -0.1) is 0 Å². The standard InChI is InChI=1S/C21H24N2O3/c1-3-22(14-16-7-5-4-6-8-16)21(25)17-13-20(24)23(15-17)18-9-11-19(26-2)12-10-18/h4-12,17H,3,13-15H2,1-2H3. The van der Waals surface area contributed by atoms with Crippen LogP contribution in [0.3, 0.4) is 0 Å². The van der Waals surface area contributed by atoms with E-state index in [0.29, 0.717) is 19.6 Å². The number of ether oxygens (including phenoxy) is 1. The fourth-order valence-corrected chi connectivity index (χ4v) is 3.29. The van der Waals surface area contributed by atoms with Crippen molar-refractivity contribution in [1.29, 1.82) is 0 Å². The molecule has 3 rings (SSSR count). The fourth-order valence-electron chi connectivity index (χ4n) is 3.29. The first-order valence-electron chi connectivity index (χ1n) is 8.89. The molecule has 0 aromatic heterocycles. The average molecular weight is 352 g/mol. The second kappa shape index (κ2) is 8.04. The van der Waals surface area contributed by atoms with Crippen molar-refractivity contribution in [1.82, 2.24) is 4.90 Å². The molecule has 0 bridgehead atoms. The number of rotatable bonds is 6. The van der Waals surface area contributed by atoms with Crippen molar-refractivity contribution < 1.29 is 14.3 Å². The SMILES string of the molecule is CCN(Cc1ccccc1)C(=O)C1CC(=O)N(c2ccc(OC)cc2)C1. The molecule has 5 nitrogen and oxygen atoms in total. The smallest absolute Gasteiger partial charge is 0.228 e. The molecule has 2 aromatic carbocycles. The van der Waals surface area contributed by atoms with E-state index >= 15 is 0 Å². The minimum Gasteiger partial charge on any atom is -0.497 e. The predicted molar refractivity (Wildman–Crippen MR) is 101 cm³/mol. The first kappa shape index (κ1) is 18.0. The highest BCUT2D eigenvalue weighted by Gasteiger charge is 2.36. The van der Waals surface area contributed by atoms with E-state index in [0.717, 1.165) is 17.0 Å². The summed E-state index contributed by atoms with van der Waals surface area (Å²) in [6, 6.07) is 17.3. The van der Waals surface area contributed by atoms with Gasteiger partial charge in [-0.05, 0) is 36.8 Å². The van der Waals surface area contributed by atoms with Crippen LogP contribution in [-0.4, -0.2) is 36.9 Å². The van der Waals surface area contributed by atoms with Crippen LogP contribution in [0.5, 0.6) is 5.75 Å². The van der Waals surface area contributed by atoms with Crippen LogP contribution >= 0.6 is 0 Å². The van der Waals surface area contributed by atoms with Crippen molar-refractivity contribution in [3.05, 3.63) is 60.2 Å². The van der Waals surface area contributed by atoms with Crippen LogP contribution in [0.1, 0.15) is 18.9 Å². The summed E-state index contributed by atoms with van der Waals surface area (Å²) in [7, 11) is 1.61. The highest BCUT2D eigenvalue weighted by Crippen LogP contribution is 2.28. The first-order valence-corrected chi connectivity index (χ1v) is 8.89. The molecule has 0 N–H and O–H groups in total. The summed E-state index contributed by atoms with van der Waals surface area (Å²) < 4.78 is 5.16. The molecule has 2 aromatic rings. The Morgan fingerprint density at radius 1 is 1.15 bits per heavy atom. The van der Waals surface area contributed by atoms with Gasteiger partial charge >= 0.3 is 0 Å². The van der Waals surface area contributed by atoms with Crippen LogP contribution < -0.4 is 9.64 Å². The highest BCUT2D eigenvalue weighted by molar-refractivity contribution is 6.00. The normalized spacial score (nSPS) is 16.6. The number of carbonyl (C=O) groups excluding carboxylic acids is 2. The Morgan fingerprint density at radius 3 is 2.46 bits per heavy atom. The van der Waals surface area contributed by atoms with Crippen molar-refractivity contribution in [2.24, 2.45) is 5.92 Å². The Balaban J connectivity index is 1.69. The maximum atomic E-state index is 12.9. The zero-order valence-corrected chi connectivity index (χ0v) is 15.2. The minimum atomic E-state index is -0.298. The topological polar surface area (TPSA) is 49.9 Å². The molecule has 2 amide bonds. The number of hydrogen-bond donors (Lipinski definition) is 0. The molecule has 1 atom stereocenters. The number of anilines is 1.